The van der Waals surface area contributed by atoms with Crippen molar-refractivity contribution in [2.45, 2.75) is 50.9 Å². The number of piperidine rings is 1. The Balaban J connectivity index is 1.33. The number of nitrogens with one attached hydrogen (secondary N) is 2. The Bertz CT molecular complexity index is 1020. The third kappa shape index (κ3) is 7.32. The number of amides is 2. The third-order valence-electron chi connectivity index (χ3n) is 6.77. The van der Waals surface area contributed by atoms with Crippen LogP contribution in [0.1, 0.15) is 42.1 Å². The number of hydrogen-bond donors (Lipinski definition) is 2. The lowest BCUT2D eigenvalue weighted by Crippen LogP contribution is -2.55. The van der Waals surface area contributed by atoms with E-state index >= 15 is 0 Å². The molecular weight excluding hydrogens is 452 g/mol. The fourth-order valence-corrected chi connectivity index (χ4v) is 5.01. The molecule has 2 fully saturated rings. The third-order valence-corrected chi connectivity index (χ3v) is 6.77. The highest BCUT2D eigenvalue weighted by Crippen LogP contribution is 2.24. The van der Waals surface area contributed by atoms with Crippen LogP contribution in [0.3, 0.4) is 0 Å². The summed E-state index contributed by atoms with van der Waals surface area (Å²) in [5.41, 5.74) is 2.13. The van der Waals surface area contributed by atoms with Crippen molar-refractivity contribution in [3.8, 4) is 0 Å². The van der Waals surface area contributed by atoms with Crippen molar-refractivity contribution in [2.24, 2.45) is 5.92 Å². The molecule has 2 aromatic rings. The SMILES string of the molecule is CC(=O)c1cccc(NC(=O)N[C@@H]2C[C@@H](F)CO[C@@H]2CN2CCCC(Cc3ccc(F)cc3)C2)c1. The first-order chi connectivity index (χ1) is 16.9. The van der Waals surface area contributed by atoms with Crippen LogP contribution in [0.5, 0.6) is 0 Å². The summed E-state index contributed by atoms with van der Waals surface area (Å²) in [6.07, 6.45) is 1.78. The van der Waals surface area contributed by atoms with Crippen LogP contribution in [0, 0.1) is 11.7 Å². The maximum atomic E-state index is 14.2. The molecule has 1 unspecified atom stereocenters. The number of hydrogen-bond acceptors (Lipinski definition) is 4. The number of anilines is 1. The van der Waals surface area contributed by atoms with Gasteiger partial charge in [-0.1, -0.05) is 24.3 Å². The second-order valence-electron chi connectivity index (χ2n) is 9.65. The molecule has 188 valence electrons. The highest BCUT2D eigenvalue weighted by Gasteiger charge is 2.34. The van der Waals surface area contributed by atoms with Crippen LogP contribution >= 0.6 is 0 Å². The second kappa shape index (κ2) is 11.7. The van der Waals surface area contributed by atoms with Gasteiger partial charge in [0.25, 0.3) is 0 Å². The van der Waals surface area contributed by atoms with Gasteiger partial charge >= 0.3 is 6.03 Å². The molecule has 2 saturated heterocycles. The molecule has 0 radical (unpaired) electrons. The number of urea groups is 1. The van der Waals surface area contributed by atoms with Gasteiger partial charge < -0.3 is 20.3 Å². The number of benzene rings is 2. The molecule has 2 amide bonds. The van der Waals surface area contributed by atoms with E-state index in [4.69, 9.17) is 4.74 Å². The predicted octanol–water partition coefficient (Wildman–Crippen LogP) is 4.60. The van der Waals surface area contributed by atoms with Crippen LogP contribution in [0.15, 0.2) is 48.5 Å². The van der Waals surface area contributed by atoms with Gasteiger partial charge in [0, 0.05) is 30.8 Å². The fraction of sp³-hybridized carbons (Fsp3) is 0.481. The molecule has 0 aliphatic carbocycles. The van der Waals surface area contributed by atoms with Gasteiger partial charge in [0.2, 0.25) is 0 Å². The molecule has 4 atom stereocenters. The van der Waals surface area contributed by atoms with Crippen molar-refractivity contribution in [1.82, 2.24) is 10.2 Å². The van der Waals surface area contributed by atoms with Crippen molar-refractivity contribution in [3.63, 3.8) is 0 Å². The molecule has 0 aromatic heterocycles. The molecule has 0 saturated carbocycles. The molecule has 8 heteroatoms. The molecule has 6 nitrogen and oxygen atoms in total. The number of halogens is 2. The summed E-state index contributed by atoms with van der Waals surface area (Å²) >= 11 is 0. The van der Waals surface area contributed by atoms with Crippen molar-refractivity contribution >= 4 is 17.5 Å². The average molecular weight is 486 g/mol. The van der Waals surface area contributed by atoms with E-state index in [1.807, 2.05) is 12.1 Å². The van der Waals surface area contributed by atoms with E-state index in [2.05, 4.69) is 15.5 Å². The van der Waals surface area contributed by atoms with E-state index in [1.165, 1.54) is 19.1 Å². The highest BCUT2D eigenvalue weighted by atomic mass is 19.1. The number of nitrogens with zero attached hydrogens (tertiary/aromatic N) is 1. The minimum Gasteiger partial charge on any atom is -0.372 e. The summed E-state index contributed by atoms with van der Waals surface area (Å²) in [4.78, 5) is 26.6. The normalized spacial score (nSPS) is 25.1. The van der Waals surface area contributed by atoms with Crippen LogP contribution in [-0.4, -0.2) is 61.3 Å². The molecule has 35 heavy (non-hydrogen) atoms. The molecule has 4 rings (SSSR count). The number of ketones is 1. The molecule has 2 aliphatic rings. The van der Waals surface area contributed by atoms with Crippen LogP contribution in [-0.2, 0) is 11.2 Å². The minimum absolute atomic E-state index is 0.0258. The lowest BCUT2D eigenvalue weighted by molar-refractivity contribution is -0.0623. The standard InChI is InChI=1S/C27H33F2N3O3/c1-18(33)21-5-2-6-24(13-21)30-27(34)31-25-14-23(29)17-35-26(25)16-32-11-3-4-20(15-32)12-19-7-9-22(28)10-8-19/h2,5-10,13,20,23,25-26H,3-4,11-12,14-17H2,1H3,(H2,30,31,34)/t20?,23-,25-,26-/m1/s1. The van der Waals surface area contributed by atoms with Crippen LogP contribution in [0.2, 0.25) is 0 Å². The Morgan fingerprint density at radius 3 is 2.74 bits per heavy atom. The van der Waals surface area contributed by atoms with Crippen molar-refractivity contribution in [2.75, 3.05) is 31.6 Å². The fourth-order valence-electron chi connectivity index (χ4n) is 5.01. The highest BCUT2D eigenvalue weighted by molar-refractivity contribution is 5.96. The van der Waals surface area contributed by atoms with Gasteiger partial charge in [0.15, 0.2) is 5.78 Å². The summed E-state index contributed by atoms with van der Waals surface area (Å²) < 4.78 is 33.2. The number of likely N-dealkylation sites (tertiary alicyclic amines) is 1. The first kappa shape index (κ1) is 25.3. The van der Waals surface area contributed by atoms with Crippen LogP contribution in [0.4, 0.5) is 19.3 Å². The largest absolute Gasteiger partial charge is 0.372 e. The smallest absolute Gasteiger partial charge is 0.319 e. The summed E-state index contributed by atoms with van der Waals surface area (Å²) in [5.74, 6) is 0.137. The van der Waals surface area contributed by atoms with E-state index < -0.39 is 18.2 Å². The Hall–Kier alpha value is -2.84. The van der Waals surface area contributed by atoms with E-state index in [0.717, 1.165) is 37.9 Å². The maximum absolute atomic E-state index is 14.2. The molecule has 2 heterocycles. The zero-order valence-corrected chi connectivity index (χ0v) is 20.0. The van der Waals surface area contributed by atoms with Gasteiger partial charge in [-0.05, 0) is 68.5 Å². The van der Waals surface area contributed by atoms with Gasteiger partial charge in [-0.2, -0.15) is 0 Å². The maximum Gasteiger partial charge on any atom is 0.319 e. The zero-order valence-electron chi connectivity index (χ0n) is 20.0. The van der Waals surface area contributed by atoms with Gasteiger partial charge in [-0.3, -0.25) is 4.79 Å². The second-order valence-corrected chi connectivity index (χ2v) is 9.65. The van der Waals surface area contributed by atoms with E-state index in [-0.39, 0.29) is 30.7 Å². The Morgan fingerprint density at radius 1 is 1.17 bits per heavy atom. The van der Waals surface area contributed by atoms with Crippen molar-refractivity contribution in [3.05, 3.63) is 65.5 Å². The average Bonchev–Trinajstić information content (AvgIpc) is 2.83. The number of carbonyl (C=O) groups excluding carboxylic acids is 2. The van der Waals surface area contributed by atoms with Crippen molar-refractivity contribution in [1.29, 1.82) is 0 Å². The number of ether oxygens (including phenoxy) is 1. The van der Waals surface area contributed by atoms with Gasteiger partial charge in [-0.25, -0.2) is 13.6 Å². The molecule has 0 spiro atoms. The lowest BCUT2D eigenvalue weighted by Gasteiger charge is -2.39. The summed E-state index contributed by atoms with van der Waals surface area (Å²) in [6.45, 7) is 3.91. The monoisotopic (exact) mass is 485 g/mol. The quantitative estimate of drug-likeness (QED) is 0.563. The number of alkyl halides is 1. The number of carbonyl (C=O) groups is 2. The van der Waals surface area contributed by atoms with E-state index in [1.54, 1.807) is 24.3 Å². The Morgan fingerprint density at radius 2 is 1.97 bits per heavy atom. The van der Waals surface area contributed by atoms with E-state index in [9.17, 15) is 18.4 Å². The summed E-state index contributed by atoms with van der Waals surface area (Å²) in [7, 11) is 0. The van der Waals surface area contributed by atoms with Gasteiger partial charge in [0.1, 0.15) is 12.0 Å². The topological polar surface area (TPSA) is 70.7 Å². The van der Waals surface area contributed by atoms with Crippen LogP contribution in [0.25, 0.3) is 0 Å². The first-order valence-corrected chi connectivity index (χ1v) is 12.3. The van der Waals surface area contributed by atoms with Gasteiger partial charge in [-0.15, -0.1) is 0 Å². The zero-order chi connectivity index (χ0) is 24.8. The van der Waals surface area contributed by atoms with Crippen LogP contribution < -0.4 is 10.6 Å². The number of Topliss-reactive ketones (excluding diaryl/α,β-unsaturated/α-hetero) is 1. The molecule has 2 N–H and O–H groups in total. The Labute approximate surface area is 205 Å². The molecule has 0 bridgehead atoms. The predicted molar refractivity (Wildman–Crippen MR) is 131 cm³/mol. The Kier molecular flexibility index (Phi) is 8.46. The summed E-state index contributed by atoms with van der Waals surface area (Å²) in [5, 5.41) is 5.62. The van der Waals surface area contributed by atoms with Crippen molar-refractivity contribution < 1.29 is 23.1 Å². The lowest BCUT2D eigenvalue weighted by atomic mass is 9.90. The first-order valence-electron chi connectivity index (χ1n) is 12.3. The molecule has 2 aliphatic heterocycles. The van der Waals surface area contributed by atoms with Gasteiger partial charge in [0.05, 0.1) is 18.8 Å². The minimum atomic E-state index is -1.13. The molecule has 2 aromatic carbocycles. The summed E-state index contributed by atoms with van der Waals surface area (Å²) in [6, 6.07) is 12.5. The molecular formula is C27H33F2N3O3. The van der Waals surface area contributed by atoms with E-state index in [0.29, 0.717) is 23.7 Å². The number of rotatable bonds is 7.